The van der Waals surface area contributed by atoms with Crippen molar-refractivity contribution in [2.75, 3.05) is 4.90 Å². The van der Waals surface area contributed by atoms with Gasteiger partial charge in [0.2, 0.25) is 0 Å². The summed E-state index contributed by atoms with van der Waals surface area (Å²) < 4.78 is 1.89. The molecule has 1 aliphatic rings. The molecule has 3 rings (SSSR count). The molecule has 1 amide bonds. The number of anilines is 1. The molecule has 0 aliphatic carbocycles. The predicted molar refractivity (Wildman–Crippen MR) is 90.8 cm³/mol. The Hall–Kier alpha value is -0.650. The van der Waals surface area contributed by atoms with Crippen LogP contribution in [-0.4, -0.2) is 11.9 Å². The predicted octanol–water partition coefficient (Wildman–Crippen LogP) is 5.25. The topological polar surface area (TPSA) is 20.3 Å². The maximum Gasteiger partial charge on any atom is 0.268 e. The number of hydrogen-bond donors (Lipinski definition) is 0. The van der Waals surface area contributed by atoms with E-state index in [-0.39, 0.29) is 11.9 Å². The normalized spacial score (nSPS) is 17.9. The van der Waals surface area contributed by atoms with E-state index in [2.05, 4.69) is 44.8 Å². The number of carbonyl (C=O) groups is 1. The second-order valence-electron chi connectivity index (χ2n) is 4.92. The Morgan fingerprint density at radius 1 is 1.35 bits per heavy atom. The molecule has 5 heteroatoms. The number of hydrogen-bond acceptors (Lipinski definition) is 2. The first-order chi connectivity index (χ1) is 9.58. The first kappa shape index (κ1) is 14.3. The van der Waals surface area contributed by atoms with E-state index >= 15 is 0 Å². The van der Waals surface area contributed by atoms with Gasteiger partial charge in [-0.2, -0.15) is 0 Å². The zero-order valence-electron chi connectivity index (χ0n) is 10.9. The lowest BCUT2D eigenvalue weighted by molar-refractivity contribution is 0.0979. The van der Waals surface area contributed by atoms with Gasteiger partial charge in [-0.05, 0) is 69.3 Å². The lowest BCUT2D eigenvalue weighted by Gasteiger charge is -2.35. The highest BCUT2D eigenvalue weighted by Crippen LogP contribution is 2.36. The molecule has 0 radical (unpaired) electrons. The second kappa shape index (κ2) is 5.62. The van der Waals surface area contributed by atoms with Crippen molar-refractivity contribution in [2.45, 2.75) is 25.8 Å². The van der Waals surface area contributed by atoms with Crippen molar-refractivity contribution in [1.82, 2.24) is 0 Å². The number of rotatable bonds is 1. The molecule has 0 N–H and O–H groups in total. The number of fused-ring (bicyclic) bond motifs is 1. The van der Waals surface area contributed by atoms with Gasteiger partial charge in [-0.1, -0.05) is 18.2 Å². The largest absolute Gasteiger partial charge is 0.305 e. The van der Waals surface area contributed by atoms with Crippen LogP contribution in [0, 0.1) is 0 Å². The molecule has 0 saturated heterocycles. The van der Waals surface area contributed by atoms with Crippen molar-refractivity contribution in [1.29, 1.82) is 0 Å². The van der Waals surface area contributed by atoms with E-state index in [1.54, 1.807) is 0 Å². The smallest absolute Gasteiger partial charge is 0.268 e. The second-order valence-corrected chi connectivity index (χ2v) is 8.15. The summed E-state index contributed by atoms with van der Waals surface area (Å²) in [6.45, 7) is 2.12. The van der Waals surface area contributed by atoms with Crippen molar-refractivity contribution in [3.8, 4) is 0 Å². The summed E-state index contributed by atoms with van der Waals surface area (Å²) in [5, 5.41) is 0. The lowest BCUT2D eigenvalue weighted by atomic mass is 9.96. The van der Waals surface area contributed by atoms with Gasteiger partial charge in [-0.3, -0.25) is 4.79 Å². The summed E-state index contributed by atoms with van der Waals surface area (Å²) in [5.41, 5.74) is 2.31. The van der Waals surface area contributed by atoms with E-state index in [0.717, 1.165) is 31.7 Å². The van der Waals surface area contributed by atoms with Crippen LogP contribution in [0.3, 0.4) is 0 Å². The Labute approximate surface area is 139 Å². The SMILES string of the molecule is CC1CCc2ccccc2N1C(=O)c1cc(Br)c(Br)s1. The van der Waals surface area contributed by atoms with Gasteiger partial charge in [-0.25, -0.2) is 0 Å². The van der Waals surface area contributed by atoms with Crippen LogP contribution in [-0.2, 0) is 6.42 Å². The molecule has 0 saturated carbocycles. The first-order valence-corrected chi connectivity index (χ1v) is 8.84. The van der Waals surface area contributed by atoms with Gasteiger partial charge in [0.1, 0.15) is 0 Å². The first-order valence-electron chi connectivity index (χ1n) is 6.44. The molecule has 2 nitrogen and oxygen atoms in total. The van der Waals surface area contributed by atoms with Crippen LogP contribution in [0.15, 0.2) is 38.6 Å². The van der Waals surface area contributed by atoms with Crippen molar-refractivity contribution in [3.63, 3.8) is 0 Å². The number of amides is 1. The van der Waals surface area contributed by atoms with Gasteiger partial charge in [0.15, 0.2) is 0 Å². The number of halogens is 2. The maximum atomic E-state index is 12.8. The zero-order valence-corrected chi connectivity index (χ0v) is 14.9. The van der Waals surface area contributed by atoms with Crippen LogP contribution in [0.25, 0.3) is 0 Å². The van der Waals surface area contributed by atoms with Crippen LogP contribution in [0.2, 0.25) is 0 Å². The summed E-state index contributed by atoms with van der Waals surface area (Å²) in [4.78, 5) is 15.5. The number of nitrogens with zero attached hydrogens (tertiary/aromatic N) is 1. The van der Waals surface area contributed by atoms with E-state index in [4.69, 9.17) is 0 Å². The van der Waals surface area contributed by atoms with Crippen molar-refractivity contribution in [3.05, 3.63) is 49.0 Å². The molecule has 20 heavy (non-hydrogen) atoms. The molecule has 104 valence electrons. The highest BCUT2D eigenvalue weighted by atomic mass is 79.9. The van der Waals surface area contributed by atoms with Gasteiger partial charge < -0.3 is 4.90 Å². The summed E-state index contributed by atoms with van der Waals surface area (Å²) >= 11 is 8.38. The molecule has 2 aromatic rings. The average Bonchev–Trinajstić information content (AvgIpc) is 2.78. The molecule has 1 aromatic carbocycles. The molecule has 1 atom stereocenters. The Bertz CT molecular complexity index is 648. The van der Waals surface area contributed by atoms with E-state index in [0.29, 0.717) is 0 Å². The molecule has 1 aliphatic heterocycles. The van der Waals surface area contributed by atoms with Crippen LogP contribution in [0.5, 0.6) is 0 Å². The van der Waals surface area contributed by atoms with E-state index in [1.165, 1.54) is 16.9 Å². The Kier molecular flexibility index (Phi) is 4.02. The third kappa shape index (κ3) is 2.47. The highest BCUT2D eigenvalue weighted by molar-refractivity contribution is 9.13. The lowest BCUT2D eigenvalue weighted by Crippen LogP contribution is -2.41. The molecule has 0 spiro atoms. The summed E-state index contributed by atoms with van der Waals surface area (Å²) in [5.74, 6) is 0.0843. The van der Waals surface area contributed by atoms with Gasteiger partial charge >= 0.3 is 0 Å². The number of aryl methyl sites for hydroxylation is 1. The van der Waals surface area contributed by atoms with E-state index in [9.17, 15) is 4.79 Å². The molecule has 1 aromatic heterocycles. The van der Waals surface area contributed by atoms with Crippen LogP contribution >= 0.6 is 43.2 Å². The highest BCUT2D eigenvalue weighted by Gasteiger charge is 2.29. The maximum absolute atomic E-state index is 12.8. The molecule has 1 unspecified atom stereocenters. The fraction of sp³-hybridized carbons (Fsp3) is 0.267. The fourth-order valence-corrected chi connectivity index (χ4v) is 4.54. The summed E-state index contributed by atoms with van der Waals surface area (Å²) in [6, 6.07) is 10.3. The van der Waals surface area contributed by atoms with Gasteiger partial charge in [-0.15, -0.1) is 11.3 Å². The standard InChI is InChI=1S/C15H13Br2NOS/c1-9-6-7-10-4-2-3-5-12(10)18(9)15(19)13-8-11(16)14(17)20-13/h2-5,8-9H,6-7H2,1H3. The fourth-order valence-electron chi connectivity index (χ4n) is 2.57. The van der Waals surface area contributed by atoms with Crippen molar-refractivity contribution >= 4 is 54.8 Å². The summed E-state index contributed by atoms with van der Waals surface area (Å²) in [6.07, 6.45) is 2.05. The number of para-hydroxylation sites is 1. The quantitative estimate of drug-likeness (QED) is 0.623. The molecular formula is C15H13Br2NOS. The molecular weight excluding hydrogens is 402 g/mol. The minimum Gasteiger partial charge on any atom is -0.305 e. The third-order valence-corrected chi connectivity index (χ3v) is 6.84. The molecule has 0 fully saturated rings. The van der Waals surface area contributed by atoms with Crippen LogP contribution < -0.4 is 4.90 Å². The Morgan fingerprint density at radius 3 is 2.80 bits per heavy atom. The Morgan fingerprint density at radius 2 is 2.10 bits per heavy atom. The zero-order chi connectivity index (χ0) is 14.3. The third-order valence-electron chi connectivity index (χ3n) is 3.60. The van der Waals surface area contributed by atoms with E-state index < -0.39 is 0 Å². The van der Waals surface area contributed by atoms with Crippen molar-refractivity contribution in [2.24, 2.45) is 0 Å². The van der Waals surface area contributed by atoms with E-state index in [1.807, 2.05) is 29.2 Å². The van der Waals surface area contributed by atoms with Crippen LogP contribution in [0.4, 0.5) is 5.69 Å². The molecule has 2 heterocycles. The average molecular weight is 415 g/mol. The Balaban J connectivity index is 2.02. The molecule has 0 bridgehead atoms. The monoisotopic (exact) mass is 413 g/mol. The van der Waals surface area contributed by atoms with Crippen LogP contribution in [0.1, 0.15) is 28.6 Å². The minimum atomic E-state index is 0.0843. The summed E-state index contributed by atoms with van der Waals surface area (Å²) in [7, 11) is 0. The van der Waals surface area contributed by atoms with Crippen molar-refractivity contribution < 1.29 is 4.79 Å². The minimum absolute atomic E-state index is 0.0843. The van der Waals surface area contributed by atoms with Gasteiger partial charge in [0, 0.05) is 16.2 Å². The van der Waals surface area contributed by atoms with Gasteiger partial charge in [0.05, 0.1) is 8.66 Å². The number of thiophene rings is 1. The number of carbonyl (C=O) groups excluding carboxylic acids is 1. The number of benzene rings is 1. The van der Waals surface area contributed by atoms with Gasteiger partial charge in [0.25, 0.3) is 5.91 Å².